The van der Waals surface area contributed by atoms with E-state index in [1.807, 2.05) is 0 Å². The average Bonchev–Trinajstić information content (AvgIpc) is 2.43. The highest BCUT2D eigenvalue weighted by molar-refractivity contribution is 5.91. The van der Waals surface area contributed by atoms with Gasteiger partial charge in [0.15, 0.2) is 0 Å². The normalized spacial score (nSPS) is 10.1. The zero-order valence-electron chi connectivity index (χ0n) is 11.4. The highest BCUT2D eigenvalue weighted by Gasteiger charge is 2.06. The summed E-state index contributed by atoms with van der Waals surface area (Å²) >= 11 is 0. The molecule has 7 nitrogen and oxygen atoms in total. The molecule has 0 spiro atoms. The Morgan fingerprint density at radius 1 is 0.950 bits per heavy atom. The Labute approximate surface area is 118 Å². The van der Waals surface area contributed by atoms with E-state index in [-0.39, 0.29) is 11.8 Å². The van der Waals surface area contributed by atoms with Crippen LogP contribution in [0.3, 0.4) is 0 Å². The maximum atomic E-state index is 11.5. The zero-order valence-corrected chi connectivity index (χ0v) is 11.4. The van der Waals surface area contributed by atoms with Crippen LogP contribution in [0.5, 0.6) is 0 Å². The van der Waals surface area contributed by atoms with Crippen LogP contribution in [-0.4, -0.2) is 29.9 Å². The highest BCUT2D eigenvalue weighted by Crippen LogP contribution is 2.10. The van der Waals surface area contributed by atoms with Crippen LogP contribution in [0, 0.1) is 0 Å². The molecule has 0 aliphatic carbocycles. The largest absolute Gasteiger partial charge is 0.330 e. The third kappa shape index (κ3) is 6.26. The Kier molecular flexibility index (Phi) is 7.23. The molecule has 6 N–H and O–H groups in total. The van der Waals surface area contributed by atoms with Crippen LogP contribution in [0.25, 0.3) is 0 Å². The standard InChI is InChI=1S/C13H21N5O2/c14-8-2-6-12(19)17-10-4-1-5-11(16-10)18-13(20)7-3-9-15/h1,4-5H,2-3,6-9,14-15H2,(H2,16,17,18,19,20). The minimum absolute atomic E-state index is 0.144. The number of carbonyl (C=O) groups excluding carboxylic acids is 2. The monoisotopic (exact) mass is 279 g/mol. The Balaban J connectivity index is 2.52. The average molecular weight is 279 g/mol. The van der Waals surface area contributed by atoms with Crippen molar-refractivity contribution < 1.29 is 9.59 Å². The molecule has 0 fully saturated rings. The van der Waals surface area contributed by atoms with E-state index in [1.54, 1.807) is 18.2 Å². The molecule has 0 unspecified atom stereocenters. The summed E-state index contributed by atoms with van der Waals surface area (Å²) < 4.78 is 0. The fraction of sp³-hybridized carbons (Fsp3) is 0.462. The first-order valence-corrected chi connectivity index (χ1v) is 6.62. The SMILES string of the molecule is NCCCC(=O)Nc1cccc(NC(=O)CCCN)n1. The van der Waals surface area contributed by atoms with Gasteiger partial charge in [-0.05, 0) is 38.1 Å². The van der Waals surface area contributed by atoms with Crippen LogP contribution in [0.4, 0.5) is 11.6 Å². The topological polar surface area (TPSA) is 123 Å². The molecule has 1 aromatic heterocycles. The Bertz CT molecular complexity index is 413. The van der Waals surface area contributed by atoms with Crippen molar-refractivity contribution in [3.63, 3.8) is 0 Å². The maximum absolute atomic E-state index is 11.5. The molecule has 0 aliphatic heterocycles. The van der Waals surface area contributed by atoms with E-state index in [4.69, 9.17) is 11.5 Å². The van der Waals surface area contributed by atoms with E-state index in [0.717, 1.165) is 0 Å². The van der Waals surface area contributed by atoms with Crippen molar-refractivity contribution in [3.8, 4) is 0 Å². The van der Waals surface area contributed by atoms with E-state index in [1.165, 1.54) is 0 Å². The van der Waals surface area contributed by atoms with Crippen molar-refractivity contribution in [2.45, 2.75) is 25.7 Å². The molecule has 0 bridgehead atoms. The minimum atomic E-state index is -0.144. The van der Waals surface area contributed by atoms with E-state index in [9.17, 15) is 9.59 Å². The van der Waals surface area contributed by atoms with Gasteiger partial charge in [0.05, 0.1) is 0 Å². The fourth-order valence-electron chi connectivity index (χ4n) is 1.51. The van der Waals surface area contributed by atoms with Crippen LogP contribution in [0.1, 0.15) is 25.7 Å². The second kappa shape index (κ2) is 9.00. The van der Waals surface area contributed by atoms with Crippen LogP contribution >= 0.6 is 0 Å². The second-order valence-electron chi connectivity index (χ2n) is 4.29. The summed E-state index contributed by atoms with van der Waals surface area (Å²) in [4.78, 5) is 27.2. The van der Waals surface area contributed by atoms with Crippen molar-refractivity contribution in [1.82, 2.24) is 4.98 Å². The van der Waals surface area contributed by atoms with Gasteiger partial charge in [0.1, 0.15) is 11.6 Å². The summed E-state index contributed by atoms with van der Waals surface area (Å²) in [6.07, 6.45) is 1.96. The van der Waals surface area contributed by atoms with Gasteiger partial charge >= 0.3 is 0 Å². The second-order valence-corrected chi connectivity index (χ2v) is 4.29. The number of pyridine rings is 1. The lowest BCUT2D eigenvalue weighted by atomic mass is 10.3. The number of nitrogens with two attached hydrogens (primary N) is 2. The van der Waals surface area contributed by atoms with Crippen molar-refractivity contribution in [3.05, 3.63) is 18.2 Å². The quantitative estimate of drug-likeness (QED) is 0.549. The van der Waals surface area contributed by atoms with Crippen molar-refractivity contribution >= 4 is 23.5 Å². The molecular weight excluding hydrogens is 258 g/mol. The predicted octanol–water partition coefficient (Wildman–Crippen LogP) is 0.436. The molecule has 2 amide bonds. The lowest BCUT2D eigenvalue weighted by Crippen LogP contribution is -2.16. The number of carbonyl (C=O) groups is 2. The van der Waals surface area contributed by atoms with Gasteiger partial charge < -0.3 is 22.1 Å². The molecule has 20 heavy (non-hydrogen) atoms. The summed E-state index contributed by atoms with van der Waals surface area (Å²) in [7, 11) is 0. The number of hydrogen-bond acceptors (Lipinski definition) is 5. The number of rotatable bonds is 8. The van der Waals surface area contributed by atoms with Crippen molar-refractivity contribution in [1.29, 1.82) is 0 Å². The number of amides is 2. The Hall–Kier alpha value is -1.99. The molecule has 0 aliphatic rings. The van der Waals surface area contributed by atoms with E-state index in [0.29, 0.717) is 50.4 Å². The van der Waals surface area contributed by atoms with Crippen LogP contribution in [0.15, 0.2) is 18.2 Å². The van der Waals surface area contributed by atoms with Crippen LogP contribution in [0.2, 0.25) is 0 Å². The molecule has 1 aromatic rings. The van der Waals surface area contributed by atoms with Gasteiger partial charge in [0.25, 0.3) is 0 Å². The summed E-state index contributed by atoms with van der Waals surface area (Å²) in [6, 6.07) is 5.04. The molecule has 0 radical (unpaired) electrons. The molecule has 1 rings (SSSR count). The van der Waals surface area contributed by atoms with Gasteiger partial charge in [-0.3, -0.25) is 9.59 Å². The molecular formula is C13H21N5O2. The summed E-state index contributed by atoms with van der Waals surface area (Å²) in [5.74, 6) is 0.524. The van der Waals surface area contributed by atoms with Crippen molar-refractivity contribution in [2.24, 2.45) is 11.5 Å². The van der Waals surface area contributed by atoms with Gasteiger partial charge in [0, 0.05) is 12.8 Å². The van der Waals surface area contributed by atoms with E-state index >= 15 is 0 Å². The van der Waals surface area contributed by atoms with E-state index in [2.05, 4.69) is 15.6 Å². The first-order valence-electron chi connectivity index (χ1n) is 6.62. The van der Waals surface area contributed by atoms with Gasteiger partial charge in [-0.25, -0.2) is 4.98 Å². The highest BCUT2D eigenvalue weighted by atomic mass is 16.2. The summed E-state index contributed by atoms with van der Waals surface area (Å²) in [5.41, 5.74) is 10.7. The number of nitrogens with one attached hydrogen (secondary N) is 2. The first-order chi connectivity index (χ1) is 9.65. The van der Waals surface area contributed by atoms with Gasteiger partial charge in [0.2, 0.25) is 11.8 Å². The van der Waals surface area contributed by atoms with Crippen LogP contribution < -0.4 is 22.1 Å². The summed E-state index contributed by atoms with van der Waals surface area (Å²) in [5, 5.41) is 5.31. The van der Waals surface area contributed by atoms with Gasteiger partial charge in [-0.1, -0.05) is 6.07 Å². The number of anilines is 2. The Morgan fingerprint density at radius 3 is 1.80 bits per heavy atom. The number of aromatic nitrogens is 1. The molecule has 0 atom stereocenters. The molecule has 7 heteroatoms. The third-order valence-electron chi connectivity index (χ3n) is 2.50. The van der Waals surface area contributed by atoms with Crippen LogP contribution in [-0.2, 0) is 9.59 Å². The molecule has 0 aromatic carbocycles. The summed E-state index contributed by atoms with van der Waals surface area (Å²) in [6.45, 7) is 0.941. The lowest BCUT2D eigenvalue weighted by molar-refractivity contribution is -0.117. The minimum Gasteiger partial charge on any atom is -0.330 e. The maximum Gasteiger partial charge on any atom is 0.225 e. The zero-order chi connectivity index (χ0) is 14.8. The van der Waals surface area contributed by atoms with Gasteiger partial charge in [-0.2, -0.15) is 0 Å². The van der Waals surface area contributed by atoms with Crippen molar-refractivity contribution in [2.75, 3.05) is 23.7 Å². The lowest BCUT2D eigenvalue weighted by Gasteiger charge is -2.07. The molecule has 0 saturated heterocycles. The van der Waals surface area contributed by atoms with E-state index < -0.39 is 0 Å². The number of hydrogen-bond donors (Lipinski definition) is 4. The van der Waals surface area contributed by atoms with Gasteiger partial charge in [-0.15, -0.1) is 0 Å². The molecule has 0 saturated carbocycles. The third-order valence-corrected chi connectivity index (χ3v) is 2.50. The predicted molar refractivity (Wildman–Crippen MR) is 78.1 cm³/mol. The number of nitrogens with zero attached hydrogens (tertiary/aromatic N) is 1. The first kappa shape index (κ1) is 16.1. The molecule has 110 valence electrons. The Morgan fingerprint density at radius 2 is 1.40 bits per heavy atom. The smallest absolute Gasteiger partial charge is 0.225 e. The fourth-order valence-corrected chi connectivity index (χ4v) is 1.51. The molecule has 1 heterocycles.